The molecule has 1 fully saturated rings. The van der Waals surface area contributed by atoms with E-state index in [2.05, 4.69) is 0 Å². The predicted octanol–water partition coefficient (Wildman–Crippen LogP) is 3.41. The fraction of sp³-hybridized carbons (Fsp3) is 0.455. The Labute approximate surface area is 99.3 Å². The molecule has 4 heteroatoms. The molecular weight excluding hydrogens is 233 g/mol. The molecule has 0 spiro atoms. The van der Waals surface area contributed by atoms with Crippen LogP contribution in [0.15, 0.2) is 12.1 Å². The number of halogens is 2. The Bertz CT molecular complexity index is 377. The van der Waals surface area contributed by atoms with Gasteiger partial charge in [-0.15, -0.1) is 0 Å². The minimum atomic E-state index is -0.0175. The highest BCUT2D eigenvalue weighted by atomic mass is 35.5. The van der Waals surface area contributed by atoms with Gasteiger partial charge in [0.2, 0.25) is 0 Å². The van der Waals surface area contributed by atoms with E-state index in [1.54, 1.807) is 13.2 Å². The molecule has 2 rings (SSSR count). The average molecular weight is 246 g/mol. The van der Waals surface area contributed by atoms with Crippen molar-refractivity contribution in [2.75, 3.05) is 7.11 Å². The SMILES string of the molecule is COc1c(Cl)cc(Cl)cc1C(N)C1CC1. The van der Waals surface area contributed by atoms with Crippen LogP contribution in [0.4, 0.5) is 0 Å². The summed E-state index contributed by atoms with van der Waals surface area (Å²) in [5, 5.41) is 1.13. The van der Waals surface area contributed by atoms with Crippen LogP contribution in [0.1, 0.15) is 24.4 Å². The fourth-order valence-corrected chi connectivity index (χ4v) is 2.34. The minimum absolute atomic E-state index is 0.0175. The van der Waals surface area contributed by atoms with E-state index in [4.69, 9.17) is 33.7 Å². The number of rotatable bonds is 3. The zero-order chi connectivity index (χ0) is 11.0. The molecule has 1 atom stereocenters. The summed E-state index contributed by atoms with van der Waals surface area (Å²) in [7, 11) is 1.60. The van der Waals surface area contributed by atoms with Crippen molar-refractivity contribution in [1.29, 1.82) is 0 Å². The zero-order valence-corrected chi connectivity index (χ0v) is 9.98. The molecule has 1 aliphatic rings. The molecule has 0 aromatic heterocycles. The molecule has 1 aliphatic carbocycles. The van der Waals surface area contributed by atoms with Gasteiger partial charge in [-0.1, -0.05) is 23.2 Å². The van der Waals surface area contributed by atoms with Gasteiger partial charge in [0.25, 0.3) is 0 Å². The van der Waals surface area contributed by atoms with E-state index in [1.807, 2.05) is 6.07 Å². The molecular formula is C11H13Cl2NO. The number of ether oxygens (including phenoxy) is 1. The Hall–Kier alpha value is -0.440. The fourth-order valence-electron chi connectivity index (χ4n) is 1.75. The highest BCUT2D eigenvalue weighted by molar-refractivity contribution is 6.35. The first-order chi connectivity index (χ1) is 7.13. The standard InChI is InChI=1S/C11H13Cl2NO/c1-15-11-8(10(14)6-2-3-6)4-7(12)5-9(11)13/h4-6,10H,2-3,14H2,1H3. The summed E-state index contributed by atoms with van der Waals surface area (Å²) in [6.45, 7) is 0. The lowest BCUT2D eigenvalue weighted by Crippen LogP contribution is -2.13. The van der Waals surface area contributed by atoms with Crippen LogP contribution in [0.3, 0.4) is 0 Å². The van der Waals surface area contributed by atoms with Crippen molar-refractivity contribution < 1.29 is 4.74 Å². The van der Waals surface area contributed by atoms with Crippen molar-refractivity contribution in [2.45, 2.75) is 18.9 Å². The number of benzene rings is 1. The molecule has 1 unspecified atom stereocenters. The summed E-state index contributed by atoms with van der Waals surface area (Å²) >= 11 is 12.0. The number of hydrogen-bond acceptors (Lipinski definition) is 2. The smallest absolute Gasteiger partial charge is 0.142 e. The quantitative estimate of drug-likeness (QED) is 0.886. The first kappa shape index (κ1) is 11.1. The maximum atomic E-state index is 6.12. The lowest BCUT2D eigenvalue weighted by Gasteiger charge is -2.16. The van der Waals surface area contributed by atoms with Crippen molar-refractivity contribution in [3.63, 3.8) is 0 Å². The summed E-state index contributed by atoms with van der Waals surface area (Å²) in [6.07, 6.45) is 2.35. The van der Waals surface area contributed by atoms with Gasteiger partial charge in [0, 0.05) is 16.6 Å². The predicted molar refractivity (Wildman–Crippen MR) is 62.7 cm³/mol. The van der Waals surface area contributed by atoms with Crippen LogP contribution in [-0.2, 0) is 0 Å². The molecule has 2 N–H and O–H groups in total. The Morgan fingerprint density at radius 1 is 1.40 bits per heavy atom. The molecule has 0 radical (unpaired) electrons. The monoisotopic (exact) mass is 245 g/mol. The molecule has 0 amide bonds. The van der Waals surface area contributed by atoms with E-state index in [0.717, 1.165) is 5.56 Å². The lowest BCUT2D eigenvalue weighted by molar-refractivity contribution is 0.403. The first-order valence-electron chi connectivity index (χ1n) is 4.92. The molecule has 0 heterocycles. The van der Waals surface area contributed by atoms with Gasteiger partial charge in [0.05, 0.1) is 12.1 Å². The van der Waals surface area contributed by atoms with E-state index in [1.165, 1.54) is 12.8 Å². The van der Waals surface area contributed by atoms with Crippen molar-refractivity contribution in [3.8, 4) is 5.75 Å². The minimum Gasteiger partial charge on any atom is -0.495 e. The topological polar surface area (TPSA) is 35.2 Å². The Balaban J connectivity index is 2.42. The molecule has 0 aliphatic heterocycles. The zero-order valence-electron chi connectivity index (χ0n) is 8.47. The molecule has 0 bridgehead atoms. The first-order valence-corrected chi connectivity index (χ1v) is 5.67. The molecule has 1 saturated carbocycles. The van der Waals surface area contributed by atoms with Crippen molar-refractivity contribution >= 4 is 23.2 Å². The van der Waals surface area contributed by atoms with Crippen LogP contribution in [0.2, 0.25) is 10.0 Å². The molecule has 2 nitrogen and oxygen atoms in total. The van der Waals surface area contributed by atoms with E-state index >= 15 is 0 Å². The van der Waals surface area contributed by atoms with Gasteiger partial charge in [0.1, 0.15) is 5.75 Å². The van der Waals surface area contributed by atoms with Gasteiger partial charge < -0.3 is 10.5 Å². The Morgan fingerprint density at radius 2 is 2.07 bits per heavy atom. The van der Waals surface area contributed by atoms with Crippen LogP contribution in [0, 0.1) is 5.92 Å². The highest BCUT2D eigenvalue weighted by Crippen LogP contribution is 2.44. The van der Waals surface area contributed by atoms with Gasteiger partial charge >= 0.3 is 0 Å². The third kappa shape index (κ3) is 2.22. The Morgan fingerprint density at radius 3 is 2.60 bits per heavy atom. The van der Waals surface area contributed by atoms with E-state index < -0.39 is 0 Å². The molecule has 82 valence electrons. The second-order valence-corrected chi connectivity index (χ2v) is 4.72. The third-order valence-electron chi connectivity index (χ3n) is 2.73. The van der Waals surface area contributed by atoms with Gasteiger partial charge in [-0.2, -0.15) is 0 Å². The maximum Gasteiger partial charge on any atom is 0.142 e. The number of hydrogen-bond donors (Lipinski definition) is 1. The van der Waals surface area contributed by atoms with Crippen LogP contribution in [0.5, 0.6) is 5.75 Å². The van der Waals surface area contributed by atoms with Gasteiger partial charge in [-0.25, -0.2) is 0 Å². The summed E-state index contributed by atoms with van der Waals surface area (Å²) in [6, 6.07) is 3.50. The van der Waals surface area contributed by atoms with Gasteiger partial charge in [-0.3, -0.25) is 0 Å². The summed E-state index contributed by atoms with van der Waals surface area (Å²) in [5.41, 5.74) is 7.03. The number of nitrogens with two attached hydrogens (primary N) is 1. The molecule has 1 aromatic rings. The second kappa shape index (κ2) is 4.20. The van der Waals surface area contributed by atoms with Crippen LogP contribution < -0.4 is 10.5 Å². The normalized spacial score (nSPS) is 17.6. The molecule has 0 saturated heterocycles. The van der Waals surface area contributed by atoms with Crippen LogP contribution in [-0.4, -0.2) is 7.11 Å². The maximum absolute atomic E-state index is 6.12. The van der Waals surface area contributed by atoms with Crippen LogP contribution in [0.25, 0.3) is 0 Å². The average Bonchev–Trinajstić information content (AvgIpc) is 2.98. The van der Waals surface area contributed by atoms with E-state index in [-0.39, 0.29) is 6.04 Å². The van der Waals surface area contributed by atoms with E-state index in [0.29, 0.717) is 21.7 Å². The summed E-state index contributed by atoms with van der Waals surface area (Å²) < 4.78 is 5.26. The van der Waals surface area contributed by atoms with Crippen molar-refractivity contribution in [1.82, 2.24) is 0 Å². The molecule has 1 aromatic carbocycles. The lowest BCUT2D eigenvalue weighted by atomic mass is 10.0. The van der Waals surface area contributed by atoms with Crippen molar-refractivity contribution in [3.05, 3.63) is 27.7 Å². The largest absolute Gasteiger partial charge is 0.495 e. The summed E-state index contributed by atoms with van der Waals surface area (Å²) in [4.78, 5) is 0. The Kier molecular flexibility index (Phi) is 3.10. The third-order valence-corrected chi connectivity index (χ3v) is 3.23. The van der Waals surface area contributed by atoms with Gasteiger partial charge in [0.15, 0.2) is 0 Å². The number of methoxy groups -OCH3 is 1. The molecule has 15 heavy (non-hydrogen) atoms. The summed E-state index contributed by atoms with van der Waals surface area (Å²) in [5.74, 6) is 1.20. The van der Waals surface area contributed by atoms with Crippen LogP contribution >= 0.6 is 23.2 Å². The van der Waals surface area contributed by atoms with E-state index in [9.17, 15) is 0 Å². The second-order valence-electron chi connectivity index (χ2n) is 3.87. The van der Waals surface area contributed by atoms with Gasteiger partial charge in [-0.05, 0) is 30.9 Å². The highest BCUT2D eigenvalue weighted by Gasteiger charge is 2.32. The van der Waals surface area contributed by atoms with Crippen molar-refractivity contribution in [2.24, 2.45) is 11.7 Å².